The number of anilines is 1. The molecule has 3 amide bonds. The van der Waals surface area contributed by atoms with E-state index in [4.69, 9.17) is 9.47 Å². The van der Waals surface area contributed by atoms with Crippen molar-refractivity contribution in [2.45, 2.75) is 4.90 Å². The summed E-state index contributed by atoms with van der Waals surface area (Å²) in [5, 5.41) is 4.57. The van der Waals surface area contributed by atoms with Gasteiger partial charge in [0.05, 0.1) is 16.2 Å². The monoisotopic (exact) mass is 455 g/mol. The summed E-state index contributed by atoms with van der Waals surface area (Å²) in [5.74, 6) is 0.224. The van der Waals surface area contributed by atoms with Crippen LogP contribution < -0.4 is 25.6 Å². The number of amides is 3. The van der Waals surface area contributed by atoms with Crippen LogP contribution in [0.5, 0.6) is 11.5 Å². The van der Waals surface area contributed by atoms with Crippen molar-refractivity contribution in [3.8, 4) is 11.5 Å². The SMILES string of the molecule is O=C(CSc1ccccc1C(=O)NNC(=O)c1cccs1)Nc1ccc2c(c1)OCO2. The molecule has 8 nitrogen and oxygen atoms in total. The molecule has 0 saturated heterocycles. The number of carbonyl (C=O) groups excluding carboxylic acids is 3. The van der Waals surface area contributed by atoms with E-state index in [-0.39, 0.29) is 18.5 Å². The second-order valence-electron chi connectivity index (χ2n) is 6.29. The maximum absolute atomic E-state index is 12.5. The predicted octanol–water partition coefficient (Wildman–Crippen LogP) is 3.28. The van der Waals surface area contributed by atoms with Crippen molar-refractivity contribution in [2.75, 3.05) is 17.9 Å². The van der Waals surface area contributed by atoms with Gasteiger partial charge in [0, 0.05) is 16.6 Å². The van der Waals surface area contributed by atoms with Crippen molar-refractivity contribution in [3.05, 3.63) is 70.4 Å². The zero-order valence-corrected chi connectivity index (χ0v) is 17.7. The highest BCUT2D eigenvalue weighted by Gasteiger charge is 2.16. The molecule has 0 saturated carbocycles. The lowest BCUT2D eigenvalue weighted by atomic mass is 10.2. The highest BCUT2D eigenvalue weighted by molar-refractivity contribution is 8.00. The number of carbonyl (C=O) groups is 3. The number of thiophene rings is 1. The van der Waals surface area contributed by atoms with Gasteiger partial charge in [0.15, 0.2) is 11.5 Å². The zero-order chi connectivity index (χ0) is 21.6. The number of hydrazine groups is 1. The third-order valence-corrected chi connectivity index (χ3v) is 6.12. The minimum atomic E-state index is -0.468. The van der Waals surface area contributed by atoms with E-state index >= 15 is 0 Å². The van der Waals surface area contributed by atoms with E-state index in [1.54, 1.807) is 60.0 Å². The smallest absolute Gasteiger partial charge is 0.279 e. The second kappa shape index (κ2) is 9.54. The average molecular weight is 456 g/mol. The Morgan fingerprint density at radius 1 is 0.935 bits per heavy atom. The standard InChI is InChI=1S/C21H17N3O5S2/c25-19(22-13-7-8-15-16(10-13)29-12-28-15)11-31-17-5-2-1-4-14(17)20(26)23-24-21(27)18-6-3-9-30-18/h1-10H,11-12H2,(H,22,25)(H,23,26)(H,24,27). The lowest BCUT2D eigenvalue weighted by Gasteiger charge is -2.11. The van der Waals surface area contributed by atoms with Crippen molar-refractivity contribution < 1.29 is 23.9 Å². The summed E-state index contributed by atoms with van der Waals surface area (Å²) in [6.45, 7) is 0.162. The third-order valence-electron chi connectivity index (χ3n) is 4.18. The Kier molecular flexibility index (Phi) is 6.39. The van der Waals surface area contributed by atoms with Crippen LogP contribution in [0.25, 0.3) is 0 Å². The lowest BCUT2D eigenvalue weighted by molar-refractivity contribution is -0.113. The van der Waals surface area contributed by atoms with Gasteiger partial charge < -0.3 is 14.8 Å². The minimum Gasteiger partial charge on any atom is -0.454 e. The fraction of sp³-hybridized carbons (Fsp3) is 0.0952. The van der Waals surface area contributed by atoms with Crippen molar-refractivity contribution in [1.82, 2.24) is 10.9 Å². The Labute approximate surface area is 185 Å². The maximum Gasteiger partial charge on any atom is 0.279 e. The zero-order valence-electron chi connectivity index (χ0n) is 16.0. The molecule has 0 fully saturated rings. The molecule has 31 heavy (non-hydrogen) atoms. The summed E-state index contributed by atoms with van der Waals surface area (Å²) in [6.07, 6.45) is 0. The Morgan fingerprint density at radius 3 is 2.58 bits per heavy atom. The highest BCUT2D eigenvalue weighted by atomic mass is 32.2. The van der Waals surface area contributed by atoms with E-state index in [9.17, 15) is 14.4 Å². The van der Waals surface area contributed by atoms with Crippen LogP contribution in [0.2, 0.25) is 0 Å². The average Bonchev–Trinajstić information content (AvgIpc) is 3.48. The minimum absolute atomic E-state index is 0.0975. The Balaban J connectivity index is 1.33. The predicted molar refractivity (Wildman–Crippen MR) is 118 cm³/mol. The molecule has 1 aromatic heterocycles. The highest BCUT2D eigenvalue weighted by Crippen LogP contribution is 2.34. The normalized spacial score (nSPS) is 11.6. The number of benzene rings is 2. The summed E-state index contributed by atoms with van der Waals surface area (Å²) in [5.41, 5.74) is 5.75. The van der Waals surface area contributed by atoms with E-state index in [2.05, 4.69) is 16.2 Å². The molecule has 1 aliphatic rings. The van der Waals surface area contributed by atoms with Crippen LogP contribution in [-0.4, -0.2) is 30.3 Å². The molecule has 4 rings (SSSR count). The van der Waals surface area contributed by atoms with Gasteiger partial charge in [-0.05, 0) is 35.7 Å². The molecule has 10 heteroatoms. The maximum atomic E-state index is 12.5. The molecular weight excluding hydrogens is 438 g/mol. The third kappa shape index (κ3) is 5.16. The quantitative estimate of drug-likeness (QED) is 0.389. The Hall–Kier alpha value is -3.50. The molecule has 0 aliphatic carbocycles. The summed E-state index contributed by atoms with van der Waals surface area (Å²) in [4.78, 5) is 38.0. The Bertz CT molecular complexity index is 1120. The van der Waals surface area contributed by atoms with E-state index in [1.165, 1.54) is 23.1 Å². The number of fused-ring (bicyclic) bond motifs is 1. The largest absolute Gasteiger partial charge is 0.454 e. The number of rotatable bonds is 6. The molecule has 3 aromatic rings. The van der Waals surface area contributed by atoms with Gasteiger partial charge in [0.1, 0.15) is 0 Å². The summed E-state index contributed by atoms with van der Waals surface area (Å²) in [6, 6.07) is 15.4. The number of nitrogens with one attached hydrogen (secondary N) is 3. The number of hydrogen-bond acceptors (Lipinski definition) is 7. The van der Waals surface area contributed by atoms with Crippen LogP contribution in [0, 0.1) is 0 Å². The molecule has 2 heterocycles. The van der Waals surface area contributed by atoms with Crippen LogP contribution in [-0.2, 0) is 4.79 Å². The van der Waals surface area contributed by atoms with Crippen LogP contribution in [0.4, 0.5) is 5.69 Å². The summed E-state index contributed by atoms with van der Waals surface area (Å²) < 4.78 is 10.6. The number of hydrogen-bond donors (Lipinski definition) is 3. The molecule has 1 aliphatic heterocycles. The molecule has 0 bridgehead atoms. The van der Waals surface area contributed by atoms with Gasteiger partial charge in [-0.15, -0.1) is 23.1 Å². The fourth-order valence-electron chi connectivity index (χ4n) is 2.74. The Morgan fingerprint density at radius 2 is 1.74 bits per heavy atom. The van der Waals surface area contributed by atoms with Crippen LogP contribution in [0.3, 0.4) is 0 Å². The summed E-state index contributed by atoms with van der Waals surface area (Å²) >= 11 is 2.49. The molecule has 0 radical (unpaired) electrons. The molecule has 0 spiro atoms. The number of ether oxygens (including phenoxy) is 2. The molecule has 158 valence electrons. The van der Waals surface area contributed by atoms with Crippen molar-refractivity contribution in [3.63, 3.8) is 0 Å². The molecular formula is C21H17N3O5S2. The first-order valence-corrected chi connectivity index (χ1v) is 11.0. The van der Waals surface area contributed by atoms with Crippen molar-refractivity contribution >= 4 is 46.5 Å². The first kappa shape index (κ1) is 20.8. The van der Waals surface area contributed by atoms with E-state index < -0.39 is 11.8 Å². The van der Waals surface area contributed by atoms with Gasteiger partial charge in [0.25, 0.3) is 11.8 Å². The van der Waals surface area contributed by atoms with E-state index in [1.807, 2.05) is 0 Å². The number of thioether (sulfide) groups is 1. The lowest BCUT2D eigenvalue weighted by Crippen LogP contribution is -2.41. The first-order chi connectivity index (χ1) is 15.1. The first-order valence-electron chi connectivity index (χ1n) is 9.15. The topological polar surface area (TPSA) is 106 Å². The van der Waals surface area contributed by atoms with Crippen LogP contribution in [0.15, 0.2) is 64.9 Å². The second-order valence-corrected chi connectivity index (χ2v) is 8.25. The van der Waals surface area contributed by atoms with Gasteiger partial charge in [-0.25, -0.2) is 0 Å². The van der Waals surface area contributed by atoms with Crippen LogP contribution in [0.1, 0.15) is 20.0 Å². The molecule has 2 aromatic carbocycles. The van der Waals surface area contributed by atoms with Gasteiger partial charge in [-0.3, -0.25) is 25.2 Å². The van der Waals surface area contributed by atoms with Crippen LogP contribution >= 0.6 is 23.1 Å². The van der Waals surface area contributed by atoms with Gasteiger partial charge in [-0.1, -0.05) is 18.2 Å². The van der Waals surface area contributed by atoms with E-state index in [0.29, 0.717) is 32.5 Å². The molecule has 3 N–H and O–H groups in total. The fourth-order valence-corrected chi connectivity index (χ4v) is 4.21. The summed E-state index contributed by atoms with van der Waals surface area (Å²) in [7, 11) is 0. The van der Waals surface area contributed by atoms with Gasteiger partial charge in [0.2, 0.25) is 12.7 Å². The van der Waals surface area contributed by atoms with Gasteiger partial charge in [-0.2, -0.15) is 0 Å². The van der Waals surface area contributed by atoms with Crippen molar-refractivity contribution in [2.24, 2.45) is 0 Å². The molecule has 0 atom stereocenters. The van der Waals surface area contributed by atoms with Crippen molar-refractivity contribution in [1.29, 1.82) is 0 Å². The van der Waals surface area contributed by atoms with Gasteiger partial charge >= 0.3 is 0 Å². The molecule has 0 unspecified atom stereocenters. The van der Waals surface area contributed by atoms with E-state index in [0.717, 1.165) is 0 Å².